The summed E-state index contributed by atoms with van der Waals surface area (Å²) in [6.45, 7) is 4.83. The van der Waals surface area contributed by atoms with Crippen LogP contribution in [0.2, 0.25) is 0 Å². The highest BCUT2D eigenvalue weighted by atomic mass is 16.7. The van der Waals surface area contributed by atoms with Gasteiger partial charge in [-0.1, -0.05) is 18.2 Å². The van der Waals surface area contributed by atoms with Crippen LogP contribution in [-0.2, 0) is 20.6 Å². The number of rotatable bonds is 7. The standard InChI is InChI=1S/C21H30O10/c1-3-4-11-5-7-12(8-6-11)30-21-19(27)17(25)15(23)13(31-21)9-28-20-18(26)16(24)14(22)10(2)29-20/h3,5-8,10,13-27H,1,4,9H2,2H3/t10-,13+,14-,15+,16+,17-,18+,19+,20-,21?/m0/s1. The van der Waals surface area contributed by atoms with Crippen LogP contribution >= 0.6 is 0 Å². The third-order valence-corrected chi connectivity index (χ3v) is 5.46. The zero-order valence-electron chi connectivity index (χ0n) is 17.1. The van der Waals surface area contributed by atoms with Gasteiger partial charge in [0.2, 0.25) is 6.29 Å². The van der Waals surface area contributed by atoms with Gasteiger partial charge in [-0.15, -0.1) is 6.58 Å². The van der Waals surface area contributed by atoms with E-state index in [2.05, 4.69) is 6.58 Å². The van der Waals surface area contributed by atoms with E-state index >= 15 is 0 Å². The van der Waals surface area contributed by atoms with E-state index in [1.54, 1.807) is 18.2 Å². The van der Waals surface area contributed by atoms with E-state index in [0.29, 0.717) is 12.2 Å². The van der Waals surface area contributed by atoms with Gasteiger partial charge in [-0.2, -0.15) is 0 Å². The summed E-state index contributed by atoms with van der Waals surface area (Å²) >= 11 is 0. The van der Waals surface area contributed by atoms with Gasteiger partial charge in [0.25, 0.3) is 0 Å². The lowest BCUT2D eigenvalue weighted by atomic mass is 9.98. The minimum absolute atomic E-state index is 0.347. The van der Waals surface area contributed by atoms with Crippen LogP contribution in [0.4, 0.5) is 0 Å². The van der Waals surface area contributed by atoms with E-state index in [4.69, 9.17) is 18.9 Å². The summed E-state index contributed by atoms with van der Waals surface area (Å²) in [7, 11) is 0. The maximum Gasteiger partial charge on any atom is 0.229 e. The topological polar surface area (TPSA) is 158 Å². The molecule has 2 aliphatic heterocycles. The molecular weight excluding hydrogens is 412 g/mol. The number of allylic oxidation sites excluding steroid dienone is 1. The quantitative estimate of drug-likeness (QED) is 0.273. The van der Waals surface area contributed by atoms with Crippen molar-refractivity contribution in [1.29, 1.82) is 0 Å². The average Bonchev–Trinajstić information content (AvgIpc) is 2.76. The van der Waals surface area contributed by atoms with Crippen molar-refractivity contribution in [2.75, 3.05) is 6.61 Å². The molecule has 2 heterocycles. The normalized spacial score (nSPS) is 41.0. The molecule has 2 aliphatic rings. The Labute approximate surface area is 179 Å². The first-order valence-corrected chi connectivity index (χ1v) is 10.1. The van der Waals surface area contributed by atoms with E-state index in [-0.39, 0.29) is 6.61 Å². The fraction of sp³-hybridized carbons (Fsp3) is 0.619. The Kier molecular flexibility index (Phi) is 8.03. The number of ether oxygens (including phenoxy) is 4. The van der Waals surface area contributed by atoms with E-state index < -0.39 is 61.4 Å². The molecular formula is C21H30O10. The molecule has 0 spiro atoms. The first-order valence-electron chi connectivity index (χ1n) is 10.1. The summed E-state index contributed by atoms with van der Waals surface area (Å²) in [5.74, 6) is 0.386. The third kappa shape index (κ3) is 5.43. The molecule has 0 radical (unpaired) electrons. The van der Waals surface area contributed by atoms with Crippen LogP contribution in [0.5, 0.6) is 5.75 Å². The zero-order chi connectivity index (χ0) is 22.7. The second-order valence-corrected chi connectivity index (χ2v) is 7.78. The average molecular weight is 442 g/mol. The summed E-state index contributed by atoms with van der Waals surface area (Å²) < 4.78 is 22.0. The van der Waals surface area contributed by atoms with Gasteiger partial charge in [0.05, 0.1) is 12.7 Å². The number of benzene rings is 1. The van der Waals surface area contributed by atoms with Gasteiger partial charge in [0.15, 0.2) is 6.29 Å². The maximum atomic E-state index is 10.3. The first kappa shape index (κ1) is 24.1. The van der Waals surface area contributed by atoms with Crippen LogP contribution in [0.3, 0.4) is 0 Å². The number of hydrogen-bond acceptors (Lipinski definition) is 10. The Morgan fingerprint density at radius 1 is 0.839 bits per heavy atom. The van der Waals surface area contributed by atoms with E-state index in [1.807, 2.05) is 12.1 Å². The second-order valence-electron chi connectivity index (χ2n) is 7.78. The SMILES string of the molecule is C=CCc1ccc(OC2O[C@H](CO[C@H]3O[C@@H](C)[C@H](O)[C@@H](O)[C@H]3O)[C@@H](O)[C@H](O)[C@H]2O)cc1. The smallest absolute Gasteiger partial charge is 0.229 e. The van der Waals surface area contributed by atoms with E-state index in [9.17, 15) is 30.6 Å². The first-order chi connectivity index (χ1) is 14.7. The third-order valence-electron chi connectivity index (χ3n) is 5.46. The van der Waals surface area contributed by atoms with Crippen molar-refractivity contribution in [1.82, 2.24) is 0 Å². The molecule has 1 unspecified atom stereocenters. The van der Waals surface area contributed by atoms with Crippen LogP contribution < -0.4 is 4.74 Å². The van der Waals surface area contributed by atoms with Crippen molar-refractivity contribution in [3.8, 4) is 5.75 Å². The van der Waals surface area contributed by atoms with Gasteiger partial charge in [-0.25, -0.2) is 0 Å². The maximum absolute atomic E-state index is 10.3. The van der Waals surface area contributed by atoms with Crippen molar-refractivity contribution in [3.05, 3.63) is 42.5 Å². The van der Waals surface area contributed by atoms with E-state index in [1.165, 1.54) is 6.92 Å². The minimum Gasteiger partial charge on any atom is -0.462 e. The second kappa shape index (κ2) is 10.3. The lowest BCUT2D eigenvalue weighted by Gasteiger charge is -2.42. The van der Waals surface area contributed by atoms with Crippen molar-refractivity contribution in [2.45, 2.75) is 74.8 Å². The molecule has 3 rings (SSSR count). The molecule has 10 heteroatoms. The summed E-state index contributed by atoms with van der Waals surface area (Å²) in [5, 5.41) is 60.4. The molecule has 1 aromatic rings. The molecule has 1 aromatic carbocycles. The largest absolute Gasteiger partial charge is 0.462 e. The van der Waals surface area contributed by atoms with Crippen LogP contribution in [-0.4, -0.2) is 98.7 Å². The van der Waals surface area contributed by atoms with Crippen LogP contribution in [0, 0.1) is 0 Å². The number of aliphatic hydroxyl groups excluding tert-OH is 6. The van der Waals surface area contributed by atoms with Crippen molar-refractivity contribution in [3.63, 3.8) is 0 Å². The monoisotopic (exact) mass is 442 g/mol. The van der Waals surface area contributed by atoms with Gasteiger partial charge in [-0.3, -0.25) is 0 Å². The van der Waals surface area contributed by atoms with E-state index in [0.717, 1.165) is 5.56 Å². The highest BCUT2D eigenvalue weighted by molar-refractivity contribution is 5.28. The number of hydrogen-bond donors (Lipinski definition) is 6. The molecule has 174 valence electrons. The van der Waals surface area contributed by atoms with Gasteiger partial charge < -0.3 is 49.6 Å². The minimum atomic E-state index is -1.57. The molecule has 2 fully saturated rings. The molecule has 0 aliphatic carbocycles. The van der Waals surface area contributed by atoms with Crippen LogP contribution in [0.15, 0.2) is 36.9 Å². The molecule has 0 amide bonds. The highest BCUT2D eigenvalue weighted by Crippen LogP contribution is 2.27. The molecule has 10 nitrogen and oxygen atoms in total. The molecule has 0 bridgehead atoms. The fourth-order valence-electron chi connectivity index (χ4n) is 3.50. The lowest BCUT2D eigenvalue weighted by molar-refractivity contribution is -0.318. The molecule has 0 saturated carbocycles. The lowest BCUT2D eigenvalue weighted by Crippen LogP contribution is -2.61. The van der Waals surface area contributed by atoms with Gasteiger partial charge in [0, 0.05) is 0 Å². The zero-order valence-corrected chi connectivity index (χ0v) is 17.1. The van der Waals surface area contributed by atoms with Crippen LogP contribution in [0.25, 0.3) is 0 Å². The summed E-state index contributed by atoms with van der Waals surface area (Å²) in [6, 6.07) is 7.00. The Morgan fingerprint density at radius 2 is 1.45 bits per heavy atom. The summed E-state index contributed by atoms with van der Waals surface area (Å²) in [6.07, 6.45) is -10.9. The Hall–Kier alpha value is -1.60. The van der Waals surface area contributed by atoms with Crippen LogP contribution in [0.1, 0.15) is 12.5 Å². The Bertz CT molecular complexity index is 713. The molecule has 6 N–H and O–H groups in total. The summed E-state index contributed by atoms with van der Waals surface area (Å²) in [5.41, 5.74) is 1.02. The predicted octanol–water partition coefficient (Wildman–Crippen LogP) is -1.55. The van der Waals surface area contributed by atoms with Gasteiger partial charge >= 0.3 is 0 Å². The van der Waals surface area contributed by atoms with Gasteiger partial charge in [0.1, 0.15) is 48.5 Å². The molecule has 2 saturated heterocycles. The molecule has 10 atom stereocenters. The Morgan fingerprint density at radius 3 is 2.10 bits per heavy atom. The fourth-order valence-corrected chi connectivity index (χ4v) is 3.50. The molecule has 0 aromatic heterocycles. The number of aliphatic hydroxyl groups is 6. The van der Waals surface area contributed by atoms with Crippen molar-refractivity contribution < 1.29 is 49.6 Å². The van der Waals surface area contributed by atoms with Gasteiger partial charge in [-0.05, 0) is 31.0 Å². The summed E-state index contributed by atoms with van der Waals surface area (Å²) in [4.78, 5) is 0. The van der Waals surface area contributed by atoms with Crippen molar-refractivity contribution >= 4 is 0 Å². The highest BCUT2D eigenvalue weighted by Gasteiger charge is 2.47. The Balaban J connectivity index is 1.62. The predicted molar refractivity (Wildman–Crippen MR) is 106 cm³/mol. The van der Waals surface area contributed by atoms with Crippen molar-refractivity contribution in [2.24, 2.45) is 0 Å². The molecule has 31 heavy (non-hydrogen) atoms.